The monoisotopic (exact) mass is 298 g/mol. The quantitative estimate of drug-likeness (QED) is 0.831. The number of benzene rings is 1. The number of carbonyl (C=O) groups excluding carboxylic acids is 1. The molecule has 2 N–H and O–H groups in total. The summed E-state index contributed by atoms with van der Waals surface area (Å²) in [5.74, 6) is -0.104. The number of carbonyl (C=O) groups is 1. The molecule has 1 aliphatic heterocycles. The van der Waals surface area contributed by atoms with E-state index in [9.17, 15) is 4.79 Å². The standard InChI is InChI=1S/C17H18N2OS/c1-17(2)11-12-6-3-4-7-13(12)14(19-17)10-15(20)18-16-8-5-9-21-16/h3-10,19H,11H2,1-2H3,(H,18,20)/b14-10-. The lowest BCUT2D eigenvalue weighted by Crippen LogP contribution is -2.44. The Labute approximate surface area is 128 Å². The average Bonchev–Trinajstić information content (AvgIpc) is 2.90. The molecule has 1 aromatic carbocycles. The van der Waals surface area contributed by atoms with Crippen LogP contribution in [-0.2, 0) is 11.2 Å². The van der Waals surface area contributed by atoms with E-state index in [-0.39, 0.29) is 11.4 Å². The van der Waals surface area contributed by atoms with Crippen molar-refractivity contribution in [2.75, 3.05) is 5.32 Å². The highest BCUT2D eigenvalue weighted by molar-refractivity contribution is 7.14. The van der Waals surface area contributed by atoms with Gasteiger partial charge in [0.25, 0.3) is 5.91 Å². The topological polar surface area (TPSA) is 41.1 Å². The lowest BCUT2D eigenvalue weighted by molar-refractivity contribution is -0.111. The molecule has 0 fully saturated rings. The van der Waals surface area contributed by atoms with Crippen LogP contribution in [0.25, 0.3) is 5.70 Å². The molecule has 108 valence electrons. The zero-order valence-corrected chi connectivity index (χ0v) is 13.0. The van der Waals surface area contributed by atoms with E-state index in [1.807, 2.05) is 29.6 Å². The minimum atomic E-state index is -0.104. The van der Waals surface area contributed by atoms with Gasteiger partial charge < -0.3 is 10.6 Å². The van der Waals surface area contributed by atoms with Crippen molar-refractivity contribution in [3.05, 3.63) is 59.0 Å². The van der Waals surface area contributed by atoms with E-state index in [1.165, 1.54) is 16.9 Å². The average molecular weight is 298 g/mol. The fourth-order valence-corrected chi connectivity index (χ4v) is 3.26. The Balaban J connectivity index is 1.90. The van der Waals surface area contributed by atoms with Crippen molar-refractivity contribution < 1.29 is 4.79 Å². The van der Waals surface area contributed by atoms with Crippen LogP contribution in [0.4, 0.5) is 5.00 Å². The smallest absolute Gasteiger partial charge is 0.251 e. The van der Waals surface area contributed by atoms with Gasteiger partial charge in [0.1, 0.15) is 0 Å². The van der Waals surface area contributed by atoms with Gasteiger partial charge in [0.2, 0.25) is 0 Å². The highest BCUT2D eigenvalue weighted by Gasteiger charge is 2.27. The minimum absolute atomic E-state index is 0.0522. The van der Waals surface area contributed by atoms with Crippen LogP contribution in [0.3, 0.4) is 0 Å². The van der Waals surface area contributed by atoms with Crippen molar-refractivity contribution in [2.45, 2.75) is 25.8 Å². The van der Waals surface area contributed by atoms with Crippen molar-refractivity contribution in [1.82, 2.24) is 5.32 Å². The fraction of sp³-hybridized carbons (Fsp3) is 0.235. The van der Waals surface area contributed by atoms with E-state index in [2.05, 4.69) is 36.6 Å². The number of thiophene rings is 1. The normalized spacial score (nSPS) is 17.9. The van der Waals surface area contributed by atoms with Crippen LogP contribution >= 0.6 is 11.3 Å². The van der Waals surface area contributed by atoms with Gasteiger partial charge in [-0.15, -0.1) is 11.3 Å². The van der Waals surface area contributed by atoms with Crippen LogP contribution in [0, 0.1) is 0 Å². The third-order valence-corrected chi connectivity index (χ3v) is 4.24. The molecule has 1 aliphatic rings. The molecular weight excluding hydrogens is 280 g/mol. The van der Waals surface area contributed by atoms with Crippen LogP contribution in [-0.4, -0.2) is 11.4 Å². The minimum Gasteiger partial charge on any atom is -0.379 e. The molecule has 2 heterocycles. The van der Waals surface area contributed by atoms with Crippen molar-refractivity contribution >= 4 is 27.9 Å². The van der Waals surface area contributed by atoms with Crippen molar-refractivity contribution in [2.24, 2.45) is 0 Å². The Morgan fingerprint density at radius 1 is 1.29 bits per heavy atom. The molecule has 0 unspecified atom stereocenters. The van der Waals surface area contributed by atoms with Crippen LogP contribution in [0.15, 0.2) is 47.9 Å². The Morgan fingerprint density at radius 3 is 2.86 bits per heavy atom. The maximum absolute atomic E-state index is 12.2. The summed E-state index contributed by atoms with van der Waals surface area (Å²) in [7, 11) is 0. The predicted molar refractivity (Wildman–Crippen MR) is 88.3 cm³/mol. The second-order valence-electron chi connectivity index (χ2n) is 5.87. The third-order valence-electron chi connectivity index (χ3n) is 3.46. The number of amides is 1. The summed E-state index contributed by atoms with van der Waals surface area (Å²) in [6.07, 6.45) is 2.60. The Hall–Kier alpha value is -2.07. The number of nitrogens with one attached hydrogen (secondary N) is 2. The van der Waals surface area contributed by atoms with Gasteiger partial charge in [-0.05, 0) is 43.3 Å². The molecule has 1 aromatic heterocycles. The van der Waals surface area contributed by atoms with Gasteiger partial charge in [0.15, 0.2) is 0 Å². The van der Waals surface area contributed by atoms with Crippen molar-refractivity contribution in [3.63, 3.8) is 0 Å². The molecule has 2 aromatic rings. The second kappa shape index (κ2) is 5.37. The zero-order valence-electron chi connectivity index (χ0n) is 12.1. The molecule has 0 saturated carbocycles. The number of hydrogen-bond acceptors (Lipinski definition) is 3. The first-order valence-corrected chi connectivity index (χ1v) is 7.84. The van der Waals surface area contributed by atoms with Gasteiger partial charge in [-0.25, -0.2) is 0 Å². The first-order chi connectivity index (χ1) is 10.0. The number of hydrogen-bond donors (Lipinski definition) is 2. The summed E-state index contributed by atoms with van der Waals surface area (Å²) >= 11 is 1.52. The summed E-state index contributed by atoms with van der Waals surface area (Å²) < 4.78 is 0. The Bertz CT molecular complexity index is 687. The van der Waals surface area contributed by atoms with Gasteiger partial charge in [-0.1, -0.05) is 24.3 Å². The van der Waals surface area contributed by atoms with E-state index in [0.29, 0.717) is 0 Å². The molecule has 0 spiro atoms. The Kier molecular flexibility index (Phi) is 3.55. The maximum atomic E-state index is 12.2. The molecule has 21 heavy (non-hydrogen) atoms. The Morgan fingerprint density at radius 2 is 2.10 bits per heavy atom. The van der Waals surface area contributed by atoms with E-state index in [0.717, 1.165) is 22.7 Å². The van der Waals surface area contributed by atoms with Crippen molar-refractivity contribution in [1.29, 1.82) is 0 Å². The van der Waals surface area contributed by atoms with Crippen LogP contribution in [0.1, 0.15) is 25.0 Å². The predicted octanol–water partition coefficient (Wildman–Crippen LogP) is 3.65. The second-order valence-corrected chi connectivity index (χ2v) is 6.82. The molecule has 0 bridgehead atoms. The first-order valence-electron chi connectivity index (χ1n) is 6.96. The number of fused-ring (bicyclic) bond motifs is 1. The zero-order chi connectivity index (χ0) is 14.9. The van der Waals surface area contributed by atoms with Gasteiger partial charge in [-0.2, -0.15) is 0 Å². The SMILES string of the molecule is CC1(C)Cc2ccccc2/C(=C/C(=O)Nc2cccs2)N1. The van der Waals surface area contributed by atoms with Gasteiger partial charge in [0, 0.05) is 22.9 Å². The van der Waals surface area contributed by atoms with Crippen LogP contribution in [0.2, 0.25) is 0 Å². The highest BCUT2D eigenvalue weighted by Crippen LogP contribution is 2.29. The van der Waals surface area contributed by atoms with Crippen LogP contribution in [0.5, 0.6) is 0 Å². The molecule has 0 saturated heterocycles. The van der Waals surface area contributed by atoms with E-state index >= 15 is 0 Å². The molecule has 0 radical (unpaired) electrons. The summed E-state index contributed by atoms with van der Waals surface area (Å²) in [6.45, 7) is 4.29. The third kappa shape index (κ3) is 3.16. The van der Waals surface area contributed by atoms with Gasteiger partial charge >= 0.3 is 0 Å². The summed E-state index contributed by atoms with van der Waals surface area (Å²) in [5.41, 5.74) is 3.22. The largest absolute Gasteiger partial charge is 0.379 e. The number of rotatable bonds is 2. The lowest BCUT2D eigenvalue weighted by atomic mass is 9.86. The van der Waals surface area contributed by atoms with E-state index in [1.54, 1.807) is 6.08 Å². The van der Waals surface area contributed by atoms with Crippen molar-refractivity contribution in [3.8, 4) is 0 Å². The van der Waals surface area contributed by atoms with Gasteiger partial charge in [-0.3, -0.25) is 4.79 Å². The maximum Gasteiger partial charge on any atom is 0.251 e. The molecule has 4 heteroatoms. The molecule has 3 nitrogen and oxygen atoms in total. The molecule has 3 rings (SSSR count). The lowest BCUT2D eigenvalue weighted by Gasteiger charge is -2.35. The summed E-state index contributed by atoms with van der Waals surface area (Å²) in [5, 5.41) is 9.16. The van der Waals surface area contributed by atoms with E-state index < -0.39 is 0 Å². The highest BCUT2D eigenvalue weighted by atomic mass is 32.1. The van der Waals surface area contributed by atoms with E-state index in [4.69, 9.17) is 0 Å². The molecule has 1 amide bonds. The molecule has 0 aliphatic carbocycles. The number of anilines is 1. The summed E-state index contributed by atoms with van der Waals surface area (Å²) in [6, 6.07) is 12.1. The first kappa shape index (κ1) is 13.9. The molecule has 0 atom stereocenters. The van der Waals surface area contributed by atoms with Gasteiger partial charge in [0.05, 0.1) is 5.00 Å². The molecular formula is C17H18N2OS. The van der Waals surface area contributed by atoms with Crippen LogP contribution < -0.4 is 10.6 Å². The summed E-state index contributed by atoms with van der Waals surface area (Å²) in [4.78, 5) is 12.2. The fourth-order valence-electron chi connectivity index (χ4n) is 2.64.